The number of fused-ring (bicyclic) bond motifs is 1. The van der Waals surface area contributed by atoms with Crippen LogP contribution in [0.5, 0.6) is 0 Å². The third-order valence-electron chi connectivity index (χ3n) is 4.91. The molecule has 0 bridgehead atoms. The summed E-state index contributed by atoms with van der Waals surface area (Å²) in [4.78, 5) is 51.1. The van der Waals surface area contributed by atoms with Gasteiger partial charge in [0.05, 0.1) is 11.1 Å². The SMILES string of the molecule is CC(C)CC[C@H](C)NC(=O)COC(=O)[C@@H](C(C)C)N1C(=O)c2ccccc2C1=O. The topological polar surface area (TPSA) is 92.8 Å². The highest BCUT2D eigenvalue weighted by atomic mass is 16.5. The van der Waals surface area contributed by atoms with Crippen LogP contribution in [0.2, 0.25) is 0 Å². The minimum absolute atomic E-state index is 0.0271. The second kappa shape index (κ2) is 9.67. The normalized spacial score (nSPS) is 15.5. The molecule has 2 atom stereocenters. The molecular formula is C22H30N2O5. The molecule has 0 saturated heterocycles. The number of ether oxygens (including phenoxy) is 1. The highest BCUT2D eigenvalue weighted by molar-refractivity contribution is 6.22. The van der Waals surface area contributed by atoms with Crippen molar-refractivity contribution >= 4 is 23.7 Å². The lowest BCUT2D eigenvalue weighted by Crippen LogP contribution is -2.49. The number of carbonyl (C=O) groups is 4. The summed E-state index contributed by atoms with van der Waals surface area (Å²) in [6.45, 7) is 9.13. The summed E-state index contributed by atoms with van der Waals surface area (Å²) in [5, 5.41) is 2.80. The van der Waals surface area contributed by atoms with Crippen molar-refractivity contribution in [3.8, 4) is 0 Å². The second-order valence-electron chi connectivity index (χ2n) is 8.26. The molecule has 1 aliphatic heterocycles. The van der Waals surface area contributed by atoms with Crippen LogP contribution in [0.15, 0.2) is 24.3 Å². The predicted molar refractivity (Wildman–Crippen MR) is 108 cm³/mol. The number of esters is 1. The molecule has 1 aliphatic rings. The van der Waals surface area contributed by atoms with Crippen LogP contribution >= 0.6 is 0 Å². The van der Waals surface area contributed by atoms with E-state index in [4.69, 9.17) is 4.74 Å². The molecule has 2 rings (SSSR count). The van der Waals surface area contributed by atoms with Crippen LogP contribution < -0.4 is 5.32 Å². The number of nitrogens with zero attached hydrogens (tertiary/aromatic N) is 1. The number of hydrogen-bond donors (Lipinski definition) is 1. The lowest BCUT2D eigenvalue weighted by Gasteiger charge is -2.27. The van der Waals surface area contributed by atoms with E-state index in [9.17, 15) is 19.2 Å². The summed E-state index contributed by atoms with van der Waals surface area (Å²) in [6, 6.07) is 5.34. The van der Waals surface area contributed by atoms with Crippen molar-refractivity contribution in [2.24, 2.45) is 11.8 Å². The molecule has 0 radical (unpaired) electrons. The van der Waals surface area contributed by atoms with Crippen LogP contribution in [0.3, 0.4) is 0 Å². The monoisotopic (exact) mass is 402 g/mol. The molecule has 7 heteroatoms. The van der Waals surface area contributed by atoms with E-state index in [2.05, 4.69) is 19.2 Å². The van der Waals surface area contributed by atoms with E-state index in [1.54, 1.807) is 38.1 Å². The number of hydrogen-bond acceptors (Lipinski definition) is 5. The Labute approximate surface area is 171 Å². The van der Waals surface area contributed by atoms with E-state index in [-0.39, 0.29) is 23.1 Å². The Morgan fingerprint density at radius 1 is 0.966 bits per heavy atom. The zero-order valence-electron chi connectivity index (χ0n) is 17.7. The van der Waals surface area contributed by atoms with Gasteiger partial charge in [-0.05, 0) is 43.7 Å². The maximum absolute atomic E-state index is 12.7. The van der Waals surface area contributed by atoms with E-state index < -0.39 is 36.3 Å². The number of carbonyl (C=O) groups excluding carboxylic acids is 4. The lowest BCUT2D eigenvalue weighted by atomic mass is 10.0. The Hall–Kier alpha value is -2.70. The first-order chi connectivity index (χ1) is 13.6. The van der Waals surface area contributed by atoms with Gasteiger partial charge in [-0.25, -0.2) is 4.79 Å². The minimum atomic E-state index is -1.09. The molecule has 1 aromatic rings. The third-order valence-corrected chi connectivity index (χ3v) is 4.91. The molecule has 1 heterocycles. The lowest BCUT2D eigenvalue weighted by molar-refractivity contribution is -0.153. The standard InChI is InChI=1S/C22H30N2O5/c1-13(2)10-11-15(5)23-18(25)12-29-22(28)19(14(3)4)24-20(26)16-8-6-7-9-17(16)21(24)27/h6-9,13-15,19H,10-12H2,1-5H3,(H,23,25)/t15-,19+/m0/s1. The molecule has 158 valence electrons. The molecule has 0 fully saturated rings. The number of amides is 3. The van der Waals surface area contributed by atoms with Crippen molar-refractivity contribution in [1.29, 1.82) is 0 Å². The van der Waals surface area contributed by atoms with Crippen LogP contribution in [-0.2, 0) is 14.3 Å². The van der Waals surface area contributed by atoms with Gasteiger partial charge in [0.1, 0.15) is 6.04 Å². The molecule has 1 N–H and O–H groups in total. The van der Waals surface area contributed by atoms with Crippen molar-refractivity contribution in [1.82, 2.24) is 10.2 Å². The van der Waals surface area contributed by atoms with Gasteiger partial charge in [0.15, 0.2) is 6.61 Å². The highest BCUT2D eigenvalue weighted by Gasteiger charge is 2.44. The Morgan fingerprint density at radius 3 is 2.00 bits per heavy atom. The fourth-order valence-electron chi connectivity index (χ4n) is 3.33. The van der Waals surface area contributed by atoms with Gasteiger partial charge in [0.25, 0.3) is 17.7 Å². The summed E-state index contributed by atoms with van der Waals surface area (Å²) in [5.74, 6) is -2.03. The van der Waals surface area contributed by atoms with Gasteiger partial charge >= 0.3 is 5.97 Å². The molecule has 1 aromatic carbocycles. The van der Waals surface area contributed by atoms with Crippen LogP contribution in [0, 0.1) is 11.8 Å². The Bertz CT molecular complexity index is 752. The first-order valence-electron chi connectivity index (χ1n) is 10.1. The molecule has 3 amide bonds. The molecule has 0 aromatic heterocycles. The van der Waals surface area contributed by atoms with Gasteiger partial charge in [-0.3, -0.25) is 19.3 Å². The Morgan fingerprint density at radius 2 is 1.52 bits per heavy atom. The molecule has 0 spiro atoms. The van der Waals surface area contributed by atoms with Crippen molar-refractivity contribution in [2.45, 2.75) is 59.5 Å². The number of imide groups is 1. The summed E-state index contributed by atoms with van der Waals surface area (Å²) >= 11 is 0. The van der Waals surface area contributed by atoms with Gasteiger partial charge in [-0.2, -0.15) is 0 Å². The van der Waals surface area contributed by atoms with Gasteiger partial charge < -0.3 is 10.1 Å². The van der Waals surface area contributed by atoms with Crippen molar-refractivity contribution < 1.29 is 23.9 Å². The summed E-state index contributed by atoms with van der Waals surface area (Å²) in [6.07, 6.45) is 1.82. The van der Waals surface area contributed by atoms with E-state index >= 15 is 0 Å². The quantitative estimate of drug-likeness (QED) is 0.506. The molecular weight excluding hydrogens is 372 g/mol. The molecule has 29 heavy (non-hydrogen) atoms. The molecule has 7 nitrogen and oxygen atoms in total. The highest BCUT2D eigenvalue weighted by Crippen LogP contribution is 2.27. The predicted octanol–water partition coefficient (Wildman–Crippen LogP) is 2.79. The van der Waals surface area contributed by atoms with Gasteiger partial charge in [0, 0.05) is 6.04 Å². The average Bonchev–Trinajstić information content (AvgIpc) is 2.90. The fraction of sp³-hybridized carbons (Fsp3) is 0.545. The van der Waals surface area contributed by atoms with Gasteiger partial charge in [-0.1, -0.05) is 39.8 Å². The van der Waals surface area contributed by atoms with E-state index in [0.29, 0.717) is 5.92 Å². The zero-order chi connectivity index (χ0) is 21.7. The number of nitrogens with one attached hydrogen (secondary N) is 1. The van der Waals surface area contributed by atoms with Crippen molar-refractivity contribution in [3.05, 3.63) is 35.4 Å². The van der Waals surface area contributed by atoms with Crippen LogP contribution in [0.4, 0.5) is 0 Å². The third kappa shape index (κ3) is 5.43. The van der Waals surface area contributed by atoms with Crippen LogP contribution in [-0.4, -0.2) is 47.3 Å². The maximum atomic E-state index is 12.7. The van der Waals surface area contributed by atoms with E-state index in [1.165, 1.54) is 0 Å². The smallest absolute Gasteiger partial charge is 0.330 e. The van der Waals surface area contributed by atoms with E-state index in [1.807, 2.05) is 6.92 Å². The minimum Gasteiger partial charge on any atom is -0.454 e. The molecule has 0 saturated carbocycles. The van der Waals surface area contributed by atoms with E-state index in [0.717, 1.165) is 17.7 Å². The first-order valence-corrected chi connectivity index (χ1v) is 10.1. The summed E-state index contributed by atoms with van der Waals surface area (Å²) in [5.41, 5.74) is 0.542. The van der Waals surface area contributed by atoms with Crippen molar-refractivity contribution in [3.63, 3.8) is 0 Å². The maximum Gasteiger partial charge on any atom is 0.330 e. The first kappa shape index (κ1) is 22.6. The fourth-order valence-corrected chi connectivity index (χ4v) is 3.33. The second-order valence-corrected chi connectivity index (χ2v) is 8.26. The summed E-state index contributed by atoms with van der Waals surface area (Å²) in [7, 11) is 0. The molecule has 0 aliphatic carbocycles. The van der Waals surface area contributed by atoms with Gasteiger partial charge in [0.2, 0.25) is 0 Å². The number of benzene rings is 1. The van der Waals surface area contributed by atoms with Crippen LogP contribution in [0.25, 0.3) is 0 Å². The Kier molecular flexibility index (Phi) is 7.53. The largest absolute Gasteiger partial charge is 0.454 e. The van der Waals surface area contributed by atoms with Gasteiger partial charge in [-0.15, -0.1) is 0 Å². The zero-order valence-corrected chi connectivity index (χ0v) is 17.7. The number of rotatable bonds is 9. The Balaban J connectivity index is 2.00. The van der Waals surface area contributed by atoms with Crippen LogP contribution in [0.1, 0.15) is 68.2 Å². The van der Waals surface area contributed by atoms with Crippen molar-refractivity contribution in [2.75, 3.05) is 6.61 Å². The average molecular weight is 402 g/mol. The summed E-state index contributed by atoms with van der Waals surface area (Å²) < 4.78 is 5.16. The molecule has 0 unspecified atom stereocenters.